The highest BCUT2D eigenvalue weighted by molar-refractivity contribution is 7.09. The Morgan fingerprint density at radius 2 is 2.35 bits per heavy atom. The van der Waals surface area contributed by atoms with E-state index in [1.165, 1.54) is 11.5 Å². The molecule has 0 saturated heterocycles. The Hall–Kier alpha value is -1.63. The highest BCUT2D eigenvalue weighted by Gasteiger charge is 2.06. The Morgan fingerprint density at radius 1 is 1.53 bits per heavy atom. The van der Waals surface area contributed by atoms with Crippen LogP contribution in [0.2, 0.25) is 0 Å². The second-order valence-corrected chi connectivity index (χ2v) is 4.55. The highest BCUT2D eigenvalue weighted by atomic mass is 32.1. The van der Waals surface area contributed by atoms with Gasteiger partial charge >= 0.3 is 0 Å². The van der Waals surface area contributed by atoms with Gasteiger partial charge in [-0.2, -0.15) is 9.47 Å². The van der Waals surface area contributed by atoms with Gasteiger partial charge in [-0.3, -0.25) is 4.68 Å². The smallest absolute Gasteiger partial charge is 0.202 e. The van der Waals surface area contributed by atoms with Gasteiger partial charge in [0, 0.05) is 37.1 Å². The van der Waals surface area contributed by atoms with Gasteiger partial charge in [0.1, 0.15) is 11.6 Å². The molecule has 0 atom stereocenters. The van der Waals surface area contributed by atoms with Crippen molar-refractivity contribution in [1.82, 2.24) is 19.1 Å². The Bertz CT molecular complexity index is 489. The molecule has 2 rings (SSSR count). The second-order valence-electron chi connectivity index (χ2n) is 3.80. The van der Waals surface area contributed by atoms with Gasteiger partial charge in [-0.05, 0) is 6.42 Å². The molecule has 0 bridgehead atoms. The van der Waals surface area contributed by atoms with Crippen molar-refractivity contribution < 1.29 is 0 Å². The quantitative estimate of drug-likeness (QED) is 0.841. The number of aromatic nitrogens is 4. The molecule has 92 valence electrons. The SMILES string of the molecule is CCCc1nsc(NCc2cnn(C)c2N)n1. The van der Waals surface area contributed by atoms with Crippen LogP contribution in [0.3, 0.4) is 0 Å². The number of rotatable bonds is 5. The Morgan fingerprint density at radius 3 is 3.00 bits per heavy atom. The largest absolute Gasteiger partial charge is 0.384 e. The van der Waals surface area contributed by atoms with Gasteiger partial charge < -0.3 is 11.1 Å². The van der Waals surface area contributed by atoms with Crippen LogP contribution in [-0.4, -0.2) is 19.1 Å². The zero-order chi connectivity index (χ0) is 12.3. The summed E-state index contributed by atoms with van der Waals surface area (Å²) in [6.45, 7) is 2.74. The summed E-state index contributed by atoms with van der Waals surface area (Å²) in [6, 6.07) is 0. The van der Waals surface area contributed by atoms with Crippen molar-refractivity contribution in [3.05, 3.63) is 17.6 Å². The van der Waals surface area contributed by atoms with Gasteiger partial charge in [-0.1, -0.05) is 6.92 Å². The van der Waals surface area contributed by atoms with Gasteiger partial charge in [0.25, 0.3) is 0 Å². The molecule has 2 aromatic rings. The number of anilines is 2. The van der Waals surface area contributed by atoms with E-state index in [0.29, 0.717) is 12.4 Å². The second kappa shape index (κ2) is 5.13. The highest BCUT2D eigenvalue weighted by Crippen LogP contribution is 2.15. The number of hydrogen-bond acceptors (Lipinski definition) is 6. The van der Waals surface area contributed by atoms with E-state index in [2.05, 4.69) is 26.7 Å². The zero-order valence-electron chi connectivity index (χ0n) is 9.97. The summed E-state index contributed by atoms with van der Waals surface area (Å²) in [6.07, 6.45) is 3.75. The molecule has 0 aliphatic heterocycles. The van der Waals surface area contributed by atoms with Gasteiger partial charge in [0.05, 0.1) is 6.20 Å². The van der Waals surface area contributed by atoms with Crippen molar-refractivity contribution in [2.24, 2.45) is 7.05 Å². The van der Waals surface area contributed by atoms with Crippen LogP contribution in [0.5, 0.6) is 0 Å². The first-order chi connectivity index (χ1) is 8.20. The van der Waals surface area contributed by atoms with Crippen LogP contribution in [-0.2, 0) is 20.0 Å². The summed E-state index contributed by atoms with van der Waals surface area (Å²) in [4.78, 5) is 4.38. The molecule has 0 aliphatic carbocycles. The predicted octanol–water partition coefficient (Wildman–Crippen LogP) is 1.42. The van der Waals surface area contributed by atoms with Crippen LogP contribution in [0.15, 0.2) is 6.20 Å². The molecule has 0 saturated carbocycles. The molecule has 2 aromatic heterocycles. The average molecular weight is 252 g/mol. The summed E-state index contributed by atoms with van der Waals surface area (Å²) in [5.74, 6) is 1.58. The maximum absolute atomic E-state index is 5.85. The molecule has 0 aliphatic rings. The maximum Gasteiger partial charge on any atom is 0.202 e. The number of nitrogens with zero attached hydrogens (tertiary/aromatic N) is 4. The fraction of sp³-hybridized carbons (Fsp3) is 0.500. The number of nitrogens with one attached hydrogen (secondary N) is 1. The van der Waals surface area contributed by atoms with Crippen LogP contribution >= 0.6 is 11.5 Å². The van der Waals surface area contributed by atoms with Gasteiger partial charge in [-0.25, -0.2) is 4.98 Å². The first-order valence-electron chi connectivity index (χ1n) is 5.53. The minimum absolute atomic E-state index is 0.625. The molecule has 2 heterocycles. The molecular weight excluding hydrogens is 236 g/mol. The number of aryl methyl sites for hydroxylation is 2. The minimum atomic E-state index is 0.625. The standard InChI is InChI=1S/C10H16N6S/c1-3-4-8-14-10(17-15-8)12-5-7-6-13-16(2)9(7)11/h6H,3-5,11H2,1-2H3,(H,12,14,15). The Labute approximate surface area is 104 Å². The van der Waals surface area contributed by atoms with Crippen molar-refractivity contribution in [2.45, 2.75) is 26.3 Å². The monoisotopic (exact) mass is 252 g/mol. The summed E-state index contributed by atoms with van der Waals surface area (Å²) < 4.78 is 5.91. The maximum atomic E-state index is 5.85. The molecule has 0 amide bonds. The molecule has 7 heteroatoms. The first-order valence-corrected chi connectivity index (χ1v) is 6.31. The normalized spacial score (nSPS) is 10.7. The molecule has 0 unspecified atom stereocenters. The number of nitrogens with two attached hydrogens (primary N) is 1. The van der Waals surface area contributed by atoms with E-state index < -0.39 is 0 Å². The molecule has 0 fully saturated rings. The molecule has 6 nitrogen and oxygen atoms in total. The molecule has 0 spiro atoms. The summed E-state index contributed by atoms with van der Waals surface area (Å²) in [5, 5.41) is 8.12. The van der Waals surface area contributed by atoms with E-state index in [1.54, 1.807) is 10.9 Å². The lowest BCUT2D eigenvalue weighted by Gasteiger charge is -2.01. The fourth-order valence-electron chi connectivity index (χ4n) is 1.45. The van der Waals surface area contributed by atoms with Crippen LogP contribution in [0.4, 0.5) is 10.9 Å². The number of nitrogen functional groups attached to an aromatic ring is 1. The lowest BCUT2D eigenvalue weighted by atomic mass is 10.3. The molecule has 17 heavy (non-hydrogen) atoms. The van der Waals surface area contributed by atoms with Gasteiger partial charge in [0.15, 0.2) is 0 Å². The number of hydrogen-bond donors (Lipinski definition) is 2. The fourth-order valence-corrected chi connectivity index (χ4v) is 2.06. The third kappa shape index (κ3) is 2.73. The summed E-state index contributed by atoms with van der Waals surface area (Å²) in [7, 11) is 1.82. The van der Waals surface area contributed by atoms with E-state index in [0.717, 1.165) is 29.4 Å². The van der Waals surface area contributed by atoms with Crippen molar-refractivity contribution >= 4 is 22.5 Å². The van der Waals surface area contributed by atoms with Crippen LogP contribution in [0, 0.1) is 0 Å². The zero-order valence-corrected chi connectivity index (χ0v) is 10.8. The predicted molar refractivity (Wildman–Crippen MR) is 68.9 cm³/mol. The van der Waals surface area contributed by atoms with E-state index in [9.17, 15) is 0 Å². The summed E-state index contributed by atoms with van der Waals surface area (Å²) in [5.41, 5.74) is 6.82. The van der Waals surface area contributed by atoms with E-state index in [-0.39, 0.29) is 0 Å². The Balaban J connectivity index is 1.95. The van der Waals surface area contributed by atoms with Crippen molar-refractivity contribution in [2.75, 3.05) is 11.1 Å². The van der Waals surface area contributed by atoms with Crippen molar-refractivity contribution in [3.8, 4) is 0 Å². The lowest BCUT2D eigenvalue weighted by Crippen LogP contribution is -2.03. The van der Waals surface area contributed by atoms with Crippen LogP contribution in [0.1, 0.15) is 24.7 Å². The van der Waals surface area contributed by atoms with Crippen LogP contribution < -0.4 is 11.1 Å². The molecular formula is C10H16N6S. The molecule has 3 N–H and O–H groups in total. The molecule has 0 radical (unpaired) electrons. The van der Waals surface area contributed by atoms with Crippen molar-refractivity contribution in [3.63, 3.8) is 0 Å². The topological polar surface area (TPSA) is 81.7 Å². The molecule has 0 aromatic carbocycles. The van der Waals surface area contributed by atoms with E-state index >= 15 is 0 Å². The van der Waals surface area contributed by atoms with Gasteiger partial charge in [0.2, 0.25) is 5.13 Å². The summed E-state index contributed by atoms with van der Waals surface area (Å²) >= 11 is 1.38. The Kier molecular flexibility index (Phi) is 3.58. The van der Waals surface area contributed by atoms with Crippen molar-refractivity contribution in [1.29, 1.82) is 0 Å². The van der Waals surface area contributed by atoms with Crippen LogP contribution in [0.25, 0.3) is 0 Å². The third-order valence-corrected chi connectivity index (χ3v) is 3.15. The minimum Gasteiger partial charge on any atom is -0.384 e. The van der Waals surface area contributed by atoms with E-state index in [1.807, 2.05) is 7.05 Å². The van der Waals surface area contributed by atoms with E-state index in [4.69, 9.17) is 5.73 Å². The lowest BCUT2D eigenvalue weighted by molar-refractivity contribution is 0.778. The van der Waals surface area contributed by atoms with Gasteiger partial charge in [-0.15, -0.1) is 0 Å². The third-order valence-electron chi connectivity index (χ3n) is 2.44. The average Bonchev–Trinajstić information content (AvgIpc) is 2.87. The first kappa shape index (κ1) is 11.8.